The molecule has 0 bridgehead atoms. The van der Waals surface area contributed by atoms with E-state index in [0.29, 0.717) is 11.4 Å². The molecule has 1 heterocycles. The zero-order valence-corrected chi connectivity index (χ0v) is 12.5. The number of benzene rings is 1. The van der Waals surface area contributed by atoms with Gasteiger partial charge in [0, 0.05) is 17.6 Å². The van der Waals surface area contributed by atoms with Gasteiger partial charge in [0.25, 0.3) is 0 Å². The van der Waals surface area contributed by atoms with Gasteiger partial charge >= 0.3 is 5.97 Å². The highest BCUT2D eigenvalue weighted by Crippen LogP contribution is 2.21. The molecule has 1 aromatic heterocycles. The van der Waals surface area contributed by atoms with Gasteiger partial charge in [-0.2, -0.15) is 15.6 Å². The summed E-state index contributed by atoms with van der Waals surface area (Å²) in [5, 5.41) is 33.8. The topological polar surface area (TPSA) is 115 Å². The molecule has 0 atom stereocenters. The largest absolute Gasteiger partial charge is 0.478 e. The molecule has 7 heteroatoms. The van der Waals surface area contributed by atoms with E-state index in [0.717, 1.165) is 11.4 Å². The molecule has 0 saturated heterocycles. The molecule has 7 nitrogen and oxygen atoms in total. The first-order valence-electron chi connectivity index (χ1n) is 6.64. The summed E-state index contributed by atoms with van der Waals surface area (Å²) in [6, 6.07) is 9.99. The van der Waals surface area contributed by atoms with Crippen molar-refractivity contribution in [2.75, 3.05) is 5.32 Å². The van der Waals surface area contributed by atoms with E-state index in [1.807, 2.05) is 19.9 Å². The van der Waals surface area contributed by atoms with Crippen molar-refractivity contribution in [3.05, 3.63) is 53.0 Å². The van der Waals surface area contributed by atoms with E-state index >= 15 is 0 Å². The lowest BCUT2D eigenvalue weighted by Crippen LogP contribution is -2.08. The van der Waals surface area contributed by atoms with Crippen LogP contribution in [-0.2, 0) is 0 Å². The van der Waals surface area contributed by atoms with Crippen molar-refractivity contribution >= 4 is 11.7 Å². The van der Waals surface area contributed by atoms with Crippen molar-refractivity contribution < 1.29 is 9.90 Å². The molecule has 0 amide bonds. The fraction of sp³-hybridized carbons (Fsp3) is 0.125. The maximum absolute atomic E-state index is 11.5. The molecule has 0 aliphatic carbocycles. The molecule has 23 heavy (non-hydrogen) atoms. The summed E-state index contributed by atoms with van der Waals surface area (Å²) < 4.78 is 1.56. The Morgan fingerprint density at radius 1 is 1.30 bits per heavy atom. The Morgan fingerprint density at radius 3 is 2.52 bits per heavy atom. The quantitative estimate of drug-likeness (QED) is 0.839. The minimum absolute atomic E-state index is 0.0602. The molecule has 2 aromatic rings. The van der Waals surface area contributed by atoms with Crippen molar-refractivity contribution in [3.63, 3.8) is 0 Å². The number of carbonyl (C=O) groups is 1. The number of aromatic nitrogens is 2. The average molecular weight is 307 g/mol. The van der Waals surface area contributed by atoms with E-state index in [2.05, 4.69) is 10.4 Å². The van der Waals surface area contributed by atoms with Crippen LogP contribution in [0.2, 0.25) is 0 Å². The number of nitriles is 2. The third-order valence-electron chi connectivity index (χ3n) is 3.09. The molecule has 2 rings (SSSR count). The predicted octanol–water partition coefficient (Wildman–Crippen LogP) is 2.53. The molecule has 1 aromatic carbocycles. The highest BCUT2D eigenvalue weighted by molar-refractivity contribution is 5.93. The molecule has 0 fully saturated rings. The first-order valence-corrected chi connectivity index (χ1v) is 6.64. The zero-order chi connectivity index (χ0) is 17.0. The van der Waals surface area contributed by atoms with Crippen LogP contribution >= 0.6 is 0 Å². The number of carboxylic acid groups (broad SMARTS) is 1. The SMILES string of the molecule is Cc1cc(C)n(-c2ccc(NC=C(C#N)C#N)cc2C(=O)O)n1. The van der Waals surface area contributed by atoms with Gasteiger partial charge in [0.15, 0.2) is 0 Å². The Balaban J connectivity index is 2.46. The van der Waals surface area contributed by atoms with E-state index in [-0.39, 0.29) is 11.1 Å². The molecule has 0 unspecified atom stereocenters. The van der Waals surface area contributed by atoms with Crippen molar-refractivity contribution in [1.82, 2.24) is 9.78 Å². The van der Waals surface area contributed by atoms with Crippen molar-refractivity contribution in [3.8, 4) is 17.8 Å². The van der Waals surface area contributed by atoms with Crippen LogP contribution in [0.4, 0.5) is 5.69 Å². The number of hydrogen-bond donors (Lipinski definition) is 2. The number of aromatic carboxylic acids is 1. The standard InChI is InChI=1S/C16H13N5O2/c1-10-5-11(2)21(20-10)15-4-3-13(6-14(15)16(22)23)19-9-12(7-17)8-18/h3-6,9,19H,1-2H3,(H,22,23). The van der Waals surface area contributed by atoms with Gasteiger partial charge in [-0.3, -0.25) is 0 Å². The predicted molar refractivity (Wildman–Crippen MR) is 82.9 cm³/mol. The van der Waals surface area contributed by atoms with Gasteiger partial charge < -0.3 is 10.4 Å². The lowest BCUT2D eigenvalue weighted by molar-refractivity contribution is 0.0697. The lowest BCUT2D eigenvalue weighted by atomic mass is 10.1. The number of nitrogens with one attached hydrogen (secondary N) is 1. The first kappa shape index (κ1) is 15.8. The van der Waals surface area contributed by atoms with E-state index in [9.17, 15) is 9.90 Å². The lowest BCUT2D eigenvalue weighted by Gasteiger charge is -2.10. The molecule has 0 aliphatic rings. The van der Waals surface area contributed by atoms with Crippen LogP contribution in [0.3, 0.4) is 0 Å². The fourth-order valence-electron chi connectivity index (χ4n) is 2.10. The molecular weight excluding hydrogens is 294 g/mol. The van der Waals surface area contributed by atoms with Gasteiger partial charge in [-0.1, -0.05) is 0 Å². The van der Waals surface area contributed by atoms with Gasteiger partial charge in [-0.15, -0.1) is 0 Å². The monoisotopic (exact) mass is 307 g/mol. The number of anilines is 1. The molecule has 114 valence electrons. The fourth-order valence-corrected chi connectivity index (χ4v) is 2.10. The highest BCUT2D eigenvalue weighted by Gasteiger charge is 2.15. The highest BCUT2D eigenvalue weighted by atomic mass is 16.4. The van der Waals surface area contributed by atoms with E-state index < -0.39 is 5.97 Å². The molecular formula is C16H13N5O2. The number of nitrogens with zero attached hydrogens (tertiary/aromatic N) is 4. The van der Waals surface area contributed by atoms with Crippen LogP contribution in [0.5, 0.6) is 0 Å². The van der Waals surface area contributed by atoms with E-state index in [4.69, 9.17) is 10.5 Å². The van der Waals surface area contributed by atoms with Crippen LogP contribution in [-0.4, -0.2) is 20.9 Å². The first-order chi connectivity index (χ1) is 11.0. The number of allylic oxidation sites excluding steroid dienone is 1. The third kappa shape index (κ3) is 3.36. The summed E-state index contributed by atoms with van der Waals surface area (Å²) >= 11 is 0. The van der Waals surface area contributed by atoms with E-state index in [1.165, 1.54) is 12.3 Å². The number of carboxylic acids is 1. The van der Waals surface area contributed by atoms with Crippen LogP contribution in [0.1, 0.15) is 21.7 Å². The molecule has 2 N–H and O–H groups in total. The minimum atomic E-state index is -1.10. The molecule has 0 spiro atoms. The summed E-state index contributed by atoms with van der Waals surface area (Å²) in [7, 11) is 0. The van der Waals surface area contributed by atoms with Crippen LogP contribution < -0.4 is 5.32 Å². The van der Waals surface area contributed by atoms with Gasteiger partial charge in [0.05, 0.1) is 16.9 Å². The summed E-state index contributed by atoms with van der Waals surface area (Å²) in [6.45, 7) is 3.67. The Morgan fingerprint density at radius 2 is 2.00 bits per heavy atom. The van der Waals surface area contributed by atoms with Gasteiger partial charge in [0.2, 0.25) is 0 Å². The smallest absolute Gasteiger partial charge is 0.337 e. The summed E-state index contributed by atoms with van der Waals surface area (Å²) in [4.78, 5) is 11.5. The van der Waals surface area contributed by atoms with Crippen molar-refractivity contribution in [1.29, 1.82) is 10.5 Å². The number of rotatable bonds is 4. The molecule has 0 aliphatic heterocycles. The Labute approximate surface area is 132 Å². The van der Waals surface area contributed by atoms with Crippen LogP contribution in [0.15, 0.2) is 36.0 Å². The summed E-state index contributed by atoms with van der Waals surface area (Å²) in [5.74, 6) is -1.10. The number of hydrogen-bond acceptors (Lipinski definition) is 5. The second-order valence-electron chi connectivity index (χ2n) is 4.80. The van der Waals surface area contributed by atoms with Crippen molar-refractivity contribution in [2.45, 2.75) is 13.8 Å². The maximum atomic E-state index is 11.5. The maximum Gasteiger partial charge on any atom is 0.337 e. The van der Waals surface area contributed by atoms with Gasteiger partial charge in [0.1, 0.15) is 17.7 Å². The van der Waals surface area contributed by atoms with E-state index in [1.54, 1.807) is 29.0 Å². The number of aryl methyl sites for hydroxylation is 2. The molecule has 0 radical (unpaired) electrons. The second kappa shape index (κ2) is 6.46. The van der Waals surface area contributed by atoms with Gasteiger partial charge in [-0.05, 0) is 38.1 Å². The zero-order valence-electron chi connectivity index (χ0n) is 12.5. The van der Waals surface area contributed by atoms with Gasteiger partial charge in [-0.25, -0.2) is 9.48 Å². The summed E-state index contributed by atoms with van der Waals surface area (Å²) in [6.07, 6.45) is 1.23. The normalized spacial score (nSPS) is 9.57. The molecule has 0 saturated carbocycles. The van der Waals surface area contributed by atoms with Crippen LogP contribution in [0.25, 0.3) is 5.69 Å². The minimum Gasteiger partial charge on any atom is -0.478 e. The Hall–Kier alpha value is -3.58. The Bertz CT molecular complexity index is 865. The van der Waals surface area contributed by atoms with Crippen molar-refractivity contribution in [2.24, 2.45) is 0 Å². The third-order valence-corrected chi connectivity index (χ3v) is 3.09. The second-order valence-corrected chi connectivity index (χ2v) is 4.80. The average Bonchev–Trinajstić information content (AvgIpc) is 2.86. The Kier molecular flexibility index (Phi) is 4.44. The summed E-state index contributed by atoms with van der Waals surface area (Å²) in [5.41, 5.74) is 2.46. The van der Waals surface area contributed by atoms with Crippen LogP contribution in [0, 0.1) is 36.5 Å².